The topological polar surface area (TPSA) is 47.9 Å². The van der Waals surface area contributed by atoms with E-state index in [1.165, 1.54) is 0 Å². The van der Waals surface area contributed by atoms with Crippen molar-refractivity contribution in [2.24, 2.45) is 0 Å². The van der Waals surface area contributed by atoms with Crippen molar-refractivity contribution in [3.05, 3.63) is 0 Å². The second-order valence-electron chi connectivity index (χ2n) is 3.22. The SMILES string of the molecule is C#CCO[C@@H]1CO[C@H]2[C@@H]1OC[C@H]2O. The molecule has 0 aromatic carbocycles. The third-order valence-corrected chi connectivity index (χ3v) is 2.36. The fraction of sp³-hybridized carbons (Fsp3) is 0.778. The van der Waals surface area contributed by atoms with E-state index in [0.29, 0.717) is 13.2 Å². The zero-order valence-corrected chi connectivity index (χ0v) is 7.18. The van der Waals surface area contributed by atoms with Gasteiger partial charge >= 0.3 is 0 Å². The highest BCUT2D eigenvalue weighted by atomic mass is 16.6. The van der Waals surface area contributed by atoms with Crippen LogP contribution in [0.15, 0.2) is 0 Å². The van der Waals surface area contributed by atoms with Crippen LogP contribution >= 0.6 is 0 Å². The average molecular weight is 184 g/mol. The highest BCUT2D eigenvalue weighted by Gasteiger charge is 2.47. The van der Waals surface area contributed by atoms with Crippen LogP contribution < -0.4 is 0 Å². The fourth-order valence-electron chi connectivity index (χ4n) is 1.74. The molecule has 0 amide bonds. The first-order valence-electron chi connectivity index (χ1n) is 4.29. The van der Waals surface area contributed by atoms with Crippen LogP contribution in [0.3, 0.4) is 0 Å². The molecule has 0 aromatic heterocycles. The number of aliphatic hydroxyl groups excluding tert-OH is 1. The van der Waals surface area contributed by atoms with Crippen molar-refractivity contribution in [1.82, 2.24) is 0 Å². The molecule has 2 fully saturated rings. The number of aliphatic hydroxyl groups is 1. The van der Waals surface area contributed by atoms with Gasteiger partial charge in [-0.1, -0.05) is 5.92 Å². The molecule has 0 aliphatic carbocycles. The van der Waals surface area contributed by atoms with Crippen LogP contribution in [0.5, 0.6) is 0 Å². The van der Waals surface area contributed by atoms with Crippen LogP contribution in [0.2, 0.25) is 0 Å². The van der Waals surface area contributed by atoms with Gasteiger partial charge in [0.15, 0.2) is 0 Å². The molecule has 4 atom stereocenters. The minimum absolute atomic E-state index is 0.127. The van der Waals surface area contributed by atoms with Crippen molar-refractivity contribution in [3.8, 4) is 12.3 Å². The molecular formula is C9H12O4. The van der Waals surface area contributed by atoms with E-state index in [4.69, 9.17) is 20.6 Å². The molecule has 0 aromatic rings. The summed E-state index contributed by atoms with van der Waals surface area (Å²) in [6, 6.07) is 0. The van der Waals surface area contributed by atoms with Gasteiger partial charge in [-0.2, -0.15) is 0 Å². The Morgan fingerprint density at radius 3 is 2.92 bits per heavy atom. The molecule has 2 heterocycles. The largest absolute Gasteiger partial charge is 0.388 e. The Morgan fingerprint density at radius 2 is 2.15 bits per heavy atom. The Balaban J connectivity index is 1.91. The number of hydrogen-bond donors (Lipinski definition) is 1. The van der Waals surface area contributed by atoms with Crippen LogP contribution in [0, 0.1) is 12.3 Å². The average Bonchev–Trinajstić information content (AvgIpc) is 2.67. The highest BCUT2D eigenvalue weighted by Crippen LogP contribution is 2.28. The molecular weight excluding hydrogens is 172 g/mol. The molecule has 0 unspecified atom stereocenters. The van der Waals surface area contributed by atoms with Gasteiger partial charge in [0, 0.05) is 0 Å². The summed E-state index contributed by atoms with van der Waals surface area (Å²) in [6.45, 7) is 1.04. The quantitative estimate of drug-likeness (QED) is 0.569. The molecule has 2 aliphatic heterocycles. The van der Waals surface area contributed by atoms with Crippen LogP contribution in [-0.2, 0) is 14.2 Å². The molecule has 2 aliphatic rings. The normalized spacial score (nSPS) is 43.1. The van der Waals surface area contributed by atoms with E-state index in [1.807, 2.05) is 0 Å². The second kappa shape index (κ2) is 3.64. The van der Waals surface area contributed by atoms with Gasteiger partial charge in [0.05, 0.1) is 13.2 Å². The number of rotatable bonds is 2. The maximum absolute atomic E-state index is 9.40. The standard InChI is InChI=1S/C9H12O4/c1-2-3-11-7-5-13-8-6(10)4-12-9(7)8/h1,6-10H,3-5H2/t6-,7-,8-,9-/m1/s1. The Kier molecular flexibility index (Phi) is 2.51. The molecule has 0 spiro atoms. The lowest BCUT2D eigenvalue weighted by molar-refractivity contribution is -0.0264. The predicted octanol–water partition coefficient (Wildman–Crippen LogP) is -0.837. The molecule has 72 valence electrons. The number of terminal acetylenes is 1. The van der Waals surface area contributed by atoms with Gasteiger partial charge < -0.3 is 19.3 Å². The Bertz CT molecular complexity index is 222. The summed E-state index contributed by atoms with van der Waals surface area (Å²) < 4.78 is 16.0. The molecule has 2 rings (SSSR count). The van der Waals surface area contributed by atoms with Gasteiger partial charge in [-0.05, 0) is 0 Å². The minimum Gasteiger partial charge on any atom is -0.388 e. The number of fused-ring (bicyclic) bond motifs is 1. The van der Waals surface area contributed by atoms with Crippen molar-refractivity contribution in [2.45, 2.75) is 24.4 Å². The van der Waals surface area contributed by atoms with Crippen molar-refractivity contribution < 1.29 is 19.3 Å². The van der Waals surface area contributed by atoms with Gasteiger partial charge in [0.2, 0.25) is 0 Å². The summed E-state index contributed by atoms with van der Waals surface area (Å²) in [6.07, 6.45) is 4.03. The smallest absolute Gasteiger partial charge is 0.115 e. The molecule has 0 saturated carbocycles. The van der Waals surface area contributed by atoms with E-state index in [-0.39, 0.29) is 24.9 Å². The van der Waals surface area contributed by atoms with Crippen LogP contribution in [0.25, 0.3) is 0 Å². The number of ether oxygens (including phenoxy) is 3. The Morgan fingerprint density at radius 1 is 1.38 bits per heavy atom. The zero-order chi connectivity index (χ0) is 9.26. The van der Waals surface area contributed by atoms with E-state index >= 15 is 0 Å². The first kappa shape index (κ1) is 8.97. The van der Waals surface area contributed by atoms with Crippen molar-refractivity contribution >= 4 is 0 Å². The molecule has 0 radical (unpaired) electrons. The van der Waals surface area contributed by atoms with Crippen molar-refractivity contribution in [3.63, 3.8) is 0 Å². The van der Waals surface area contributed by atoms with E-state index in [9.17, 15) is 5.11 Å². The maximum atomic E-state index is 9.40. The molecule has 2 saturated heterocycles. The second-order valence-corrected chi connectivity index (χ2v) is 3.22. The summed E-state index contributed by atoms with van der Waals surface area (Å²) in [7, 11) is 0. The van der Waals surface area contributed by atoms with E-state index in [1.54, 1.807) is 0 Å². The summed E-state index contributed by atoms with van der Waals surface area (Å²) in [5, 5.41) is 9.40. The van der Waals surface area contributed by atoms with E-state index < -0.39 is 6.10 Å². The lowest BCUT2D eigenvalue weighted by Crippen LogP contribution is -2.32. The summed E-state index contributed by atoms with van der Waals surface area (Å²) in [4.78, 5) is 0. The summed E-state index contributed by atoms with van der Waals surface area (Å²) in [5.74, 6) is 2.39. The van der Waals surface area contributed by atoms with Gasteiger partial charge in [-0.15, -0.1) is 6.42 Å². The lowest BCUT2D eigenvalue weighted by atomic mass is 10.1. The molecule has 1 N–H and O–H groups in total. The van der Waals surface area contributed by atoms with Gasteiger partial charge in [0.1, 0.15) is 31.0 Å². The molecule has 4 heteroatoms. The third kappa shape index (κ3) is 1.56. The van der Waals surface area contributed by atoms with Gasteiger partial charge in [-0.25, -0.2) is 0 Å². The first-order valence-corrected chi connectivity index (χ1v) is 4.29. The minimum atomic E-state index is -0.524. The lowest BCUT2D eigenvalue weighted by Gasteiger charge is -2.14. The van der Waals surface area contributed by atoms with Crippen LogP contribution in [0.1, 0.15) is 0 Å². The number of hydrogen-bond acceptors (Lipinski definition) is 4. The zero-order valence-electron chi connectivity index (χ0n) is 7.18. The Labute approximate surface area is 76.8 Å². The summed E-state index contributed by atoms with van der Waals surface area (Å²) >= 11 is 0. The van der Waals surface area contributed by atoms with Crippen molar-refractivity contribution in [2.75, 3.05) is 19.8 Å². The van der Waals surface area contributed by atoms with Gasteiger partial charge in [-0.3, -0.25) is 0 Å². The van der Waals surface area contributed by atoms with Gasteiger partial charge in [0.25, 0.3) is 0 Å². The first-order chi connectivity index (χ1) is 6.33. The van der Waals surface area contributed by atoms with Crippen LogP contribution in [0.4, 0.5) is 0 Å². The summed E-state index contributed by atoms with van der Waals surface area (Å²) in [5.41, 5.74) is 0. The maximum Gasteiger partial charge on any atom is 0.115 e. The monoisotopic (exact) mass is 184 g/mol. The third-order valence-electron chi connectivity index (χ3n) is 2.36. The van der Waals surface area contributed by atoms with Crippen LogP contribution in [-0.4, -0.2) is 49.3 Å². The predicted molar refractivity (Wildman–Crippen MR) is 44.1 cm³/mol. The Hall–Kier alpha value is -0.600. The molecule has 13 heavy (non-hydrogen) atoms. The molecule has 4 nitrogen and oxygen atoms in total. The highest BCUT2D eigenvalue weighted by molar-refractivity contribution is 4.96. The fourth-order valence-corrected chi connectivity index (χ4v) is 1.74. The molecule has 0 bridgehead atoms. The van der Waals surface area contributed by atoms with Crippen molar-refractivity contribution in [1.29, 1.82) is 0 Å². The van der Waals surface area contributed by atoms with E-state index in [2.05, 4.69) is 5.92 Å². The van der Waals surface area contributed by atoms with E-state index in [0.717, 1.165) is 0 Å².